The van der Waals surface area contributed by atoms with Gasteiger partial charge >= 0.3 is 0 Å². The maximum atomic E-state index is 13.4. The first kappa shape index (κ1) is 11.7. The topological polar surface area (TPSA) is 52.3 Å². The molecule has 1 aliphatic rings. The molecule has 19 heavy (non-hydrogen) atoms. The van der Waals surface area contributed by atoms with E-state index in [1.54, 1.807) is 12.1 Å². The lowest BCUT2D eigenvalue weighted by molar-refractivity contribution is 0.103. The Labute approximate surface area is 109 Å². The zero-order valence-corrected chi connectivity index (χ0v) is 10.2. The predicted molar refractivity (Wildman–Crippen MR) is 69.9 cm³/mol. The van der Waals surface area contributed by atoms with E-state index in [0.717, 1.165) is 12.0 Å². The van der Waals surface area contributed by atoms with Gasteiger partial charge < -0.3 is 10.5 Å². The molecule has 1 aliphatic heterocycles. The van der Waals surface area contributed by atoms with E-state index < -0.39 is 5.82 Å². The maximum Gasteiger partial charge on any atom is 0.198 e. The molecule has 0 aliphatic carbocycles. The minimum Gasteiger partial charge on any atom is -0.492 e. The number of hydrogen-bond acceptors (Lipinski definition) is 3. The molecule has 0 bridgehead atoms. The highest BCUT2D eigenvalue weighted by molar-refractivity contribution is 6.13. The van der Waals surface area contributed by atoms with E-state index in [9.17, 15) is 9.18 Å². The van der Waals surface area contributed by atoms with Crippen LogP contribution in [0.25, 0.3) is 0 Å². The summed E-state index contributed by atoms with van der Waals surface area (Å²) in [5.41, 5.74) is 7.12. The van der Waals surface area contributed by atoms with Crippen molar-refractivity contribution in [1.82, 2.24) is 0 Å². The zero-order chi connectivity index (χ0) is 13.4. The number of anilines is 1. The summed E-state index contributed by atoms with van der Waals surface area (Å²) in [6.07, 6.45) is 0.787. The van der Waals surface area contributed by atoms with E-state index in [-0.39, 0.29) is 17.0 Å². The van der Waals surface area contributed by atoms with Gasteiger partial charge in [-0.2, -0.15) is 0 Å². The molecule has 2 aromatic rings. The average molecular weight is 257 g/mol. The molecule has 2 aromatic carbocycles. The fraction of sp³-hybridized carbons (Fsp3) is 0.133. The molecule has 0 saturated carbocycles. The molecule has 1 heterocycles. The Hall–Kier alpha value is -2.36. The van der Waals surface area contributed by atoms with Gasteiger partial charge in [-0.15, -0.1) is 0 Å². The molecule has 96 valence electrons. The number of fused-ring (bicyclic) bond motifs is 1. The van der Waals surface area contributed by atoms with Crippen molar-refractivity contribution in [3.8, 4) is 5.75 Å². The summed E-state index contributed by atoms with van der Waals surface area (Å²) in [5.74, 6) is -0.300. The summed E-state index contributed by atoms with van der Waals surface area (Å²) in [5, 5.41) is 0. The first-order valence-corrected chi connectivity index (χ1v) is 6.02. The highest BCUT2D eigenvalue weighted by Gasteiger charge is 2.23. The Balaban J connectivity index is 2.11. The van der Waals surface area contributed by atoms with Crippen LogP contribution in [-0.2, 0) is 6.42 Å². The third-order valence-electron chi connectivity index (χ3n) is 3.26. The summed E-state index contributed by atoms with van der Waals surface area (Å²) < 4.78 is 18.9. The molecule has 0 atom stereocenters. The van der Waals surface area contributed by atoms with Crippen molar-refractivity contribution in [2.24, 2.45) is 0 Å². The van der Waals surface area contributed by atoms with Crippen LogP contribution in [0.15, 0.2) is 36.4 Å². The molecule has 3 nitrogen and oxygen atoms in total. The van der Waals surface area contributed by atoms with Gasteiger partial charge in [-0.3, -0.25) is 4.79 Å². The summed E-state index contributed by atoms with van der Waals surface area (Å²) in [7, 11) is 0. The molecule has 0 fully saturated rings. The molecule has 0 aromatic heterocycles. The number of nitrogens with two attached hydrogens (primary N) is 1. The lowest BCUT2D eigenvalue weighted by Gasteiger charge is -2.09. The molecule has 3 rings (SSSR count). The highest BCUT2D eigenvalue weighted by atomic mass is 19.1. The number of halogens is 1. The molecule has 0 amide bonds. The molecule has 4 heteroatoms. The van der Waals surface area contributed by atoms with Crippen LogP contribution < -0.4 is 10.5 Å². The molecule has 0 unspecified atom stereocenters. The van der Waals surface area contributed by atoms with Crippen LogP contribution in [0.2, 0.25) is 0 Å². The third kappa shape index (κ3) is 1.85. The van der Waals surface area contributed by atoms with Crippen molar-refractivity contribution >= 4 is 11.5 Å². The van der Waals surface area contributed by atoms with Crippen molar-refractivity contribution in [3.63, 3.8) is 0 Å². The second kappa shape index (κ2) is 4.39. The Morgan fingerprint density at radius 2 is 1.89 bits per heavy atom. The number of benzene rings is 2. The number of nitrogen functional groups attached to an aromatic ring is 1. The number of rotatable bonds is 2. The number of ketones is 1. The minimum absolute atomic E-state index is 0.122. The second-order valence-electron chi connectivity index (χ2n) is 4.42. The van der Waals surface area contributed by atoms with Crippen molar-refractivity contribution in [3.05, 3.63) is 58.9 Å². The molecular weight excluding hydrogens is 245 g/mol. The van der Waals surface area contributed by atoms with Gasteiger partial charge in [-0.05, 0) is 23.8 Å². The Morgan fingerprint density at radius 3 is 2.74 bits per heavy atom. The van der Waals surface area contributed by atoms with Crippen LogP contribution in [0.5, 0.6) is 5.75 Å². The predicted octanol–water partition coefficient (Wildman–Crippen LogP) is 2.57. The number of para-hydroxylation sites is 2. The SMILES string of the molecule is Nc1c(F)cccc1C(=O)c1cccc2c1OCC2. The normalized spacial score (nSPS) is 12.9. The maximum absolute atomic E-state index is 13.4. The quantitative estimate of drug-likeness (QED) is 0.664. The Bertz CT molecular complexity index is 667. The fourth-order valence-electron chi connectivity index (χ4n) is 2.27. The van der Waals surface area contributed by atoms with Gasteiger partial charge in [0.15, 0.2) is 5.78 Å². The van der Waals surface area contributed by atoms with Gasteiger partial charge in [0.05, 0.1) is 17.9 Å². The highest BCUT2D eigenvalue weighted by Crippen LogP contribution is 2.32. The van der Waals surface area contributed by atoms with E-state index in [1.165, 1.54) is 18.2 Å². The largest absolute Gasteiger partial charge is 0.492 e. The zero-order valence-electron chi connectivity index (χ0n) is 10.2. The third-order valence-corrected chi connectivity index (χ3v) is 3.26. The molecular formula is C15H12FNO2. The minimum atomic E-state index is -0.584. The van der Waals surface area contributed by atoms with Crippen LogP contribution in [-0.4, -0.2) is 12.4 Å². The Kier molecular flexibility index (Phi) is 2.71. The van der Waals surface area contributed by atoms with E-state index >= 15 is 0 Å². The number of carbonyl (C=O) groups excluding carboxylic acids is 1. The van der Waals surface area contributed by atoms with Crippen molar-refractivity contribution in [1.29, 1.82) is 0 Å². The van der Waals surface area contributed by atoms with Crippen LogP contribution in [0.4, 0.5) is 10.1 Å². The lowest BCUT2D eigenvalue weighted by Crippen LogP contribution is -2.08. The van der Waals surface area contributed by atoms with E-state index in [0.29, 0.717) is 17.9 Å². The molecule has 0 saturated heterocycles. The van der Waals surface area contributed by atoms with E-state index in [1.807, 2.05) is 6.07 Å². The summed E-state index contributed by atoms with van der Waals surface area (Å²) in [6, 6.07) is 9.64. The second-order valence-corrected chi connectivity index (χ2v) is 4.42. The molecule has 0 spiro atoms. The van der Waals surface area contributed by atoms with Gasteiger partial charge in [-0.25, -0.2) is 4.39 Å². The van der Waals surface area contributed by atoms with Crippen LogP contribution >= 0.6 is 0 Å². The Morgan fingerprint density at radius 1 is 1.16 bits per heavy atom. The van der Waals surface area contributed by atoms with E-state index in [4.69, 9.17) is 10.5 Å². The average Bonchev–Trinajstić information content (AvgIpc) is 2.89. The van der Waals surface area contributed by atoms with Gasteiger partial charge in [0, 0.05) is 12.0 Å². The summed E-state index contributed by atoms with van der Waals surface area (Å²) in [4.78, 5) is 12.5. The van der Waals surface area contributed by atoms with Gasteiger partial charge in [0.2, 0.25) is 0 Å². The van der Waals surface area contributed by atoms with Crippen LogP contribution in [0, 0.1) is 5.82 Å². The van der Waals surface area contributed by atoms with Gasteiger partial charge in [-0.1, -0.05) is 18.2 Å². The number of hydrogen-bond donors (Lipinski definition) is 1. The fourth-order valence-corrected chi connectivity index (χ4v) is 2.27. The summed E-state index contributed by atoms with van der Waals surface area (Å²) in [6.45, 7) is 0.568. The van der Waals surface area contributed by atoms with E-state index in [2.05, 4.69) is 0 Å². The molecule has 0 radical (unpaired) electrons. The first-order valence-electron chi connectivity index (χ1n) is 6.02. The lowest BCUT2D eigenvalue weighted by atomic mass is 9.98. The summed E-state index contributed by atoms with van der Waals surface area (Å²) >= 11 is 0. The number of carbonyl (C=O) groups is 1. The molecule has 2 N–H and O–H groups in total. The van der Waals surface area contributed by atoms with Crippen LogP contribution in [0.1, 0.15) is 21.5 Å². The van der Waals surface area contributed by atoms with Crippen molar-refractivity contribution in [2.45, 2.75) is 6.42 Å². The van der Waals surface area contributed by atoms with Crippen molar-refractivity contribution in [2.75, 3.05) is 12.3 Å². The first-order chi connectivity index (χ1) is 9.18. The van der Waals surface area contributed by atoms with Crippen molar-refractivity contribution < 1.29 is 13.9 Å². The van der Waals surface area contributed by atoms with Crippen LogP contribution in [0.3, 0.4) is 0 Å². The van der Waals surface area contributed by atoms with Gasteiger partial charge in [0.25, 0.3) is 0 Å². The van der Waals surface area contributed by atoms with Gasteiger partial charge in [0.1, 0.15) is 11.6 Å². The standard InChI is InChI=1S/C15H12FNO2/c16-12-6-2-4-10(13(12)17)14(18)11-5-1-3-9-7-8-19-15(9)11/h1-6H,7-8,17H2. The monoisotopic (exact) mass is 257 g/mol. The number of ether oxygens (including phenoxy) is 1. The smallest absolute Gasteiger partial charge is 0.198 e.